The lowest BCUT2D eigenvalue weighted by Crippen LogP contribution is -2.35. The van der Waals surface area contributed by atoms with Crippen LogP contribution in [0.1, 0.15) is 94.7 Å². The van der Waals surface area contributed by atoms with Crippen molar-refractivity contribution in [2.75, 3.05) is 0 Å². The van der Waals surface area contributed by atoms with Gasteiger partial charge >= 0.3 is 0 Å². The Balaban J connectivity index is 1.32. The van der Waals surface area contributed by atoms with E-state index < -0.39 is 0 Å². The molecule has 0 spiro atoms. The Labute approximate surface area is 174 Å². The third-order valence-electron chi connectivity index (χ3n) is 8.50. The number of allylic oxidation sites excluding steroid dienone is 2. The molecule has 0 nitrogen and oxygen atoms in total. The highest BCUT2D eigenvalue weighted by atomic mass is 14.4. The molecule has 0 saturated heterocycles. The predicted octanol–water partition coefficient (Wildman–Crippen LogP) is 7.93. The molecule has 5 atom stereocenters. The van der Waals surface area contributed by atoms with Crippen molar-refractivity contribution in [1.29, 1.82) is 0 Å². The summed E-state index contributed by atoms with van der Waals surface area (Å²) in [5.41, 5.74) is 4.89. The van der Waals surface area contributed by atoms with E-state index in [-0.39, 0.29) is 0 Å². The van der Waals surface area contributed by atoms with Crippen molar-refractivity contribution in [3.05, 3.63) is 47.0 Å². The lowest BCUT2D eigenvalue weighted by Gasteiger charge is -2.45. The van der Waals surface area contributed by atoms with Crippen LogP contribution in [-0.2, 0) is 19.3 Å². The molecule has 4 rings (SSSR count). The second-order valence-electron chi connectivity index (χ2n) is 10.3. The Hall–Kier alpha value is -1.04. The minimum absolute atomic E-state index is 0.968. The van der Waals surface area contributed by atoms with Crippen molar-refractivity contribution in [3.8, 4) is 0 Å². The monoisotopic (exact) mass is 378 g/mol. The molecule has 2 fully saturated rings. The average molecular weight is 379 g/mol. The lowest BCUT2D eigenvalue weighted by atomic mass is 9.61. The van der Waals surface area contributed by atoms with Gasteiger partial charge in [-0.25, -0.2) is 0 Å². The second-order valence-corrected chi connectivity index (χ2v) is 10.3. The Morgan fingerprint density at radius 2 is 1.68 bits per heavy atom. The Morgan fingerprint density at radius 1 is 0.893 bits per heavy atom. The second kappa shape index (κ2) is 9.64. The van der Waals surface area contributed by atoms with E-state index in [1.165, 1.54) is 57.8 Å². The van der Waals surface area contributed by atoms with E-state index in [1.807, 2.05) is 0 Å². The smallest absolute Gasteiger partial charge is 0.0244 e. The largest absolute Gasteiger partial charge is 0.0917 e. The molecule has 28 heavy (non-hydrogen) atoms. The van der Waals surface area contributed by atoms with Gasteiger partial charge in [0.25, 0.3) is 0 Å². The molecule has 3 aliphatic rings. The summed E-state index contributed by atoms with van der Waals surface area (Å²) in [7, 11) is 0. The van der Waals surface area contributed by atoms with Gasteiger partial charge in [0.15, 0.2) is 0 Å². The molecule has 0 radical (unpaired) electrons. The molecule has 5 unspecified atom stereocenters. The maximum absolute atomic E-state index is 2.53. The van der Waals surface area contributed by atoms with Crippen molar-refractivity contribution >= 4 is 0 Å². The molecule has 0 heterocycles. The quantitative estimate of drug-likeness (QED) is 0.441. The molecule has 1 aromatic rings. The van der Waals surface area contributed by atoms with Crippen LogP contribution in [0.3, 0.4) is 0 Å². The topological polar surface area (TPSA) is 0 Å². The van der Waals surface area contributed by atoms with E-state index >= 15 is 0 Å². The standard InChI is InChI=1S/C28H42/c1-3-5-6-8-22-10-12-26-20-28(16-14-24(26)18-22)27-15-13-23-17-21(7-4-2)9-11-25(23)19-27/h3,5,10,12,18,21,23,25,27-28H,4,6-9,11,13-17,19-20H2,1-2H3/b5-3+. The normalized spacial score (nSPS) is 32.9. The summed E-state index contributed by atoms with van der Waals surface area (Å²) in [4.78, 5) is 0. The van der Waals surface area contributed by atoms with Crippen LogP contribution in [0, 0.1) is 29.6 Å². The fourth-order valence-electron chi connectivity index (χ4n) is 6.93. The van der Waals surface area contributed by atoms with Gasteiger partial charge in [0, 0.05) is 0 Å². The molecule has 0 bridgehead atoms. The van der Waals surface area contributed by atoms with Crippen LogP contribution < -0.4 is 0 Å². The zero-order valence-corrected chi connectivity index (χ0v) is 18.5. The highest BCUT2D eigenvalue weighted by Gasteiger charge is 2.38. The Bertz CT molecular complexity index is 654. The first-order chi connectivity index (χ1) is 13.8. The highest BCUT2D eigenvalue weighted by molar-refractivity contribution is 5.34. The van der Waals surface area contributed by atoms with Crippen molar-refractivity contribution in [1.82, 2.24) is 0 Å². The van der Waals surface area contributed by atoms with Gasteiger partial charge in [-0.3, -0.25) is 0 Å². The summed E-state index contributed by atoms with van der Waals surface area (Å²) in [6, 6.07) is 7.42. The highest BCUT2D eigenvalue weighted by Crippen LogP contribution is 2.49. The lowest BCUT2D eigenvalue weighted by molar-refractivity contribution is 0.0695. The molecule has 0 heteroatoms. The van der Waals surface area contributed by atoms with Gasteiger partial charge in [0.05, 0.1) is 0 Å². The molecule has 0 aromatic heterocycles. The number of rotatable bonds is 6. The minimum Gasteiger partial charge on any atom is -0.0917 e. The first kappa shape index (κ1) is 20.2. The molecule has 3 aliphatic carbocycles. The van der Waals surface area contributed by atoms with Crippen LogP contribution >= 0.6 is 0 Å². The average Bonchev–Trinajstić information content (AvgIpc) is 2.73. The first-order valence-corrected chi connectivity index (χ1v) is 12.5. The minimum atomic E-state index is 0.968. The van der Waals surface area contributed by atoms with E-state index in [2.05, 4.69) is 44.2 Å². The van der Waals surface area contributed by atoms with E-state index in [0.717, 1.165) is 29.6 Å². The van der Waals surface area contributed by atoms with Crippen LogP contribution in [0.5, 0.6) is 0 Å². The molecular weight excluding hydrogens is 336 g/mol. The fraction of sp³-hybridized carbons (Fsp3) is 0.714. The third kappa shape index (κ3) is 4.74. The summed E-state index contributed by atoms with van der Waals surface area (Å²) in [6.45, 7) is 4.49. The molecular formula is C28H42. The Morgan fingerprint density at radius 3 is 2.50 bits per heavy atom. The number of aryl methyl sites for hydroxylation is 2. The van der Waals surface area contributed by atoms with Crippen molar-refractivity contribution in [2.24, 2.45) is 29.6 Å². The number of hydrogen-bond donors (Lipinski definition) is 0. The summed E-state index contributed by atoms with van der Waals surface area (Å²) < 4.78 is 0. The molecule has 154 valence electrons. The summed E-state index contributed by atoms with van der Waals surface area (Å²) in [5.74, 6) is 5.20. The SMILES string of the molecule is C/C=C/CCc1ccc2c(c1)CCC(C1CCC3CC(CCC)CCC3C1)C2. The van der Waals surface area contributed by atoms with Crippen LogP contribution in [0.25, 0.3) is 0 Å². The number of fused-ring (bicyclic) bond motifs is 2. The van der Waals surface area contributed by atoms with E-state index in [4.69, 9.17) is 0 Å². The molecule has 0 N–H and O–H groups in total. The summed E-state index contributed by atoms with van der Waals surface area (Å²) in [6.07, 6.45) is 23.2. The van der Waals surface area contributed by atoms with E-state index in [9.17, 15) is 0 Å². The molecule has 0 aliphatic heterocycles. The van der Waals surface area contributed by atoms with Gasteiger partial charge in [0.1, 0.15) is 0 Å². The fourth-order valence-corrected chi connectivity index (χ4v) is 6.93. The third-order valence-corrected chi connectivity index (χ3v) is 8.50. The van der Waals surface area contributed by atoms with E-state index in [1.54, 1.807) is 42.4 Å². The maximum Gasteiger partial charge on any atom is -0.0244 e. The summed E-state index contributed by atoms with van der Waals surface area (Å²) in [5, 5.41) is 0. The van der Waals surface area contributed by atoms with Gasteiger partial charge in [-0.2, -0.15) is 0 Å². The van der Waals surface area contributed by atoms with Crippen molar-refractivity contribution < 1.29 is 0 Å². The van der Waals surface area contributed by atoms with Crippen LogP contribution in [0.2, 0.25) is 0 Å². The van der Waals surface area contributed by atoms with Gasteiger partial charge in [-0.05, 0) is 117 Å². The van der Waals surface area contributed by atoms with E-state index in [0.29, 0.717) is 0 Å². The van der Waals surface area contributed by atoms with Crippen molar-refractivity contribution in [2.45, 2.75) is 97.3 Å². The molecule has 1 aromatic carbocycles. The van der Waals surface area contributed by atoms with Crippen LogP contribution in [0.4, 0.5) is 0 Å². The van der Waals surface area contributed by atoms with Gasteiger partial charge in [-0.1, -0.05) is 56.5 Å². The zero-order valence-electron chi connectivity index (χ0n) is 18.5. The Kier molecular flexibility index (Phi) is 6.97. The predicted molar refractivity (Wildman–Crippen MR) is 122 cm³/mol. The van der Waals surface area contributed by atoms with Gasteiger partial charge in [-0.15, -0.1) is 0 Å². The van der Waals surface area contributed by atoms with Gasteiger partial charge in [0.2, 0.25) is 0 Å². The summed E-state index contributed by atoms with van der Waals surface area (Å²) >= 11 is 0. The molecule has 0 amide bonds. The first-order valence-electron chi connectivity index (χ1n) is 12.5. The van der Waals surface area contributed by atoms with Crippen LogP contribution in [-0.4, -0.2) is 0 Å². The maximum atomic E-state index is 2.53. The number of benzene rings is 1. The zero-order chi connectivity index (χ0) is 19.3. The number of hydrogen-bond acceptors (Lipinski definition) is 0. The molecule has 2 saturated carbocycles. The van der Waals surface area contributed by atoms with Gasteiger partial charge < -0.3 is 0 Å². The van der Waals surface area contributed by atoms with Crippen LogP contribution in [0.15, 0.2) is 30.4 Å². The van der Waals surface area contributed by atoms with Crippen molar-refractivity contribution in [3.63, 3.8) is 0 Å².